The fourth-order valence-corrected chi connectivity index (χ4v) is 3.70. The van der Waals surface area contributed by atoms with Gasteiger partial charge in [0.1, 0.15) is 0 Å². The lowest BCUT2D eigenvalue weighted by Crippen LogP contribution is -2.58. The summed E-state index contributed by atoms with van der Waals surface area (Å²) in [4.78, 5) is 5.01. The first-order chi connectivity index (χ1) is 9.70. The fraction of sp³-hybridized carbons (Fsp3) is 0.750. The van der Waals surface area contributed by atoms with Crippen molar-refractivity contribution in [3.05, 3.63) is 22.4 Å². The zero-order valence-corrected chi connectivity index (χ0v) is 14.0. The van der Waals surface area contributed by atoms with Crippen LogP contribution in [0.3, 0.4) is 0 Å². The van der Waals surface area contributed by atoms with Gasteiger partial charge in [-0.1, -0.05) is 6.92 Å². The molecule has 0 amide bonds. The fourth-order valence-electron chi connectivity index (χ4n) is 3.00. The molecule has 0 saturated carbocycles. The average Bonchev–Trinajstić information content (AvgIpc) is 2.95. The van der Waals surface area contributed by atoms with Gasteiger partial charge < -0.3 is 10.2 Å². The van der Waals surface area contributed by atoms with Gasteiger partial charge in [-0.05, 0) is 62.3 Å². The van der Waals surface area contributed by atoms with Crippen LogP contribution in [0, 0.1) is 0 Å². The zero-order chi connectivity index (χ0) is 14.4. The van der Waals surface area contributed by atoms with Crippen LogP contribution in [0.2, 0.25) is 0 Å². The van der Waals surface area contributed by atoms with Crippen LogP contribution in [0.4, 0.5) is 0 Å². The van der Waals surface area contributed by atoms with Crippen LogP contribution in [0.5, 0.6) is 0 Å². The maximum Gasteiger partial charge on any atom is 0.0374 e. The Balaban J connectivity index is 1.94. The third kappa shape index (κ3) is 4.55. The zero-order valence-electron chi connectivity index (χ0n) is 13.1. The van der Waals surface area contributed by atoms with E-state index in [-0.39, 0.29) is 0 Å². The highest BCUT2D eigenvalue weighted by Crippen LogP contribution is 2.16. The van der Waals surface area contributed by atoms with Crippen molar-refractivity contribution in [3.63, 3.8) is 0 Å². The van der Waals surface area contributed by atoms with E-state index in [2.05, 4.69) is 53.0 Å². The molecule has 2 heterocycles. The van der Waals surface area contributed by atoms with Crippen LogP contribution in [0.15, 0.2) is 16.8 Å². The second-order valence-corrected chi connectivity index (χ2v) is 6.82. The average molecular weight is 295 g/mol. The largest absolute Gasteiger partial charge is 0.312 e. The van der Waals surface area contributed by atoms with Gasteiger partial charge in [0, 0.05) is 31.7 Å². The summed E-state index contributed by atoms with van der Waals surface area (Å²) in [5, 5.41) is 8.26. The van der Waals surface area contributed by atoms with Gasteiger partial charge >= 0.3 is 0 Å². The Morgan fingerprint density at radius 2 is 2.25 bits per heavy atom. The number of thiophene rings is 1. The van der Waals surface area contributed by atoms with Gasteiger partial charge in [0.2, 0.25) is 0 Å². The maximum absolute atomic E-state index is 3.79. The van der Waals surface area contributed by atoms with Gasteiger partial charge in [0.05, 0.1) is 0 Å². The van der Waals surface area contributed by atoms with Crippen LogP contribution in [-0.4, -0.2) is 62.2 Å². The third-order valence-electron chi connectivity index (χ3n) is 4.34. The molecule has 1 fully saturated rings. The lowest BCUT2D eigenvalue weighted by Gasteiger charge is -2.42. The van der Waals surface area contributed by atoms with Crippen molar-refractivity contribution in [3.8, 4) is 0 Å². The molecule has 0 bridgehead atoms. The molecule has 1 aliphatic heterocycles. The quantitative estimate of drug-likeness (QED) is 0.833. The highest BCUT2D eigenvalue weighted by atomic mass is 32.1. The van der Waals surface area contributed by atoms with E-state index < -0.39 is 0 Å². The van der Waals surface area contributed by atoms with E-state index in [9.17, 15) is 0 Å². The van der Waals surface area contributed by atoms with Gasteiger partial charge in [0.25, 0.3) is 0 Å². The summed E-state index contributed by atoms with van der Waals surface area (Å²) in [6, 6.07) is 3.50. The Bertz CT molecular complexity index is 366. The number of rotatable bonds is 7. The van der Waals surface area contributed by atoms with Crippen molar-refractivity contribution < 1.29 is 0 Å². The van der Waals surface area contributed by atoms with Crippen molar-refractivity contribution in [2.45, 2.75) is 38.3 Å². The second kappa shape index (κ2) is 8.13. The summed E-state index contributed by atoms with van der Waals surface area (Å²) in [5.41, 5.74) is 1.49. The number of hydrogen-bond acceptors (Lipinski definition) is 4. The minimum absolute atomic E-state index is 0.600. The van der Waals surface area contributed by atoms with E-state index in [1.807, 2.05) is 0 Å². The van der Waals surface area contributed by atoms with Crippen molar-refractivity contribution in [2.75, 3.05) is 40.3 Å². The Kier molecular flexibility index (Phi) is 6.49. The van der Waals surface area contributed by atoms with Crippen LogP contribution >= 0.6 is 11.3 Å². The first-order valence-corrected chi connectivity index (χ1v) is 8.78. The minimum atomic E-state index is 0.600. The number of piperazine rings is 1. The molecule has 0 aliphatic carbocycles. The van der Waals surface area contributed by atoms with Crippen LogP contribution in [-0.2, 0) is 6.42 Å². The van der Waals surface area contributed by atoms with Crippen molar-refractivity contribution in [1.29, 1.82) is 0 Å². The van der Waals surface area contributed by atoms with Crippen LogP contribution in [0.1, 0.15) is 25.3 Å². The number of nitrogens with one attached hydrogen (secondary N) is 1. The van der Waals surface area contributed by atoms with Gasteiger partial charge in [-0.3, -0.25) is 4.90 Å². The van der Waals surface area contributed by atoms with E-state index in [0.29, 0.717) is 12.1 Å². The van der Waals surface area contributed by atoms with Crippen LogP contribution in [0.25, 0.3) is 0 Å². The molecule has 2 rings (SSSR count). The lowest BCUT2D eigenvalue weighted by atomic mass is 9.97. The van der Waals surface area contributed by atoms with Crippen molar-refractivity contribution in [1.82, 2.24) is 15.1 Å². The third-order valence-corrected chi connectivity index (χ3v) is 5.08. The standard InChI is InChI=1S/C16H29N3S/c1-4-8-17-15(6-5-14-7-11-20-13-14)16-12-18(2)9-10-19(16)3/h7,11,13,15-17H,4-6,8-10,12H2,1-3H3. The minimum Gasteiger partial charge on any atom is -0.312 e. The molecule has 0 spiro atoms. The molecule has 2 atom stereocenters. The monoisotopic (exact) mass is 295 g/mol. The topological polar surface area (TPSA) is 18.5 Å². The molecule has 1 N–H and O–H groups in total. The smallest absolute Gasteiger partial charge is 0.0374 e. The summed E-state index contributed by atoms with van der Waals surface area (Å²) in [7, 11) is 4.53. The molecule has 1 aromatic heterocycles. The molecule has 1 aromatic rings. The SMILES string of the molecule is CCCNC(CCc1ccsc1)C1CN(C)CCN1C. The Hall–Kier alpha value is -0.420. The molecule has 1 aliphatic rings. The van der Waals surface area contributed by atoms with Gasteiger partial charge in [0.15, 0.2) is 0 Å². The second-order valence-electron chi connectivity index (χ2n) is 6.04. The summed E-state index contributed by atoms with van der Waals surface area (Å²) >= 11 is 1.81. The normalized spacial score (nSPS) is 23.1. The summed E-state index contributed by atoms with van der Waals surface area (Å²) in [5.74, 6) is 0. The summed E-state index contributed by atoms with van der Waals surface area (Å²) in [6.45, 7) is 6.94. The van der Waals surface area contributed by atoms with Crippen molar-refractivity contribution >= 4 is 11.3 Å². The van der Waals surface area contributed by atoms with Crippen molar-refractivity contribution in [2.24, 2.45) is 0 Å². The highest BCUT2D eigenvalue weighted by molar-refractivity contribution is 7.07. The summed E-state index contributed by atoms with van der Waals surface area (Å²) < 4.78 is 0. The molecule has 20 heavy (non-hydrogen) atoms. The molecule has 2 unspecified atom stereocenters. The molecular formula is C16H29N3S. The first kappa shape index (κ1) is 16.0. The molecular weight excluding hydrogens is 266 g/mol. The number of aryl methyl sites for hydroxylation is 1. The maximum atomic E-state index is 3.79. The van der Waals surface area contributed by atoms with Gasteiger partial charge in [-0.15, -0.1) is 0 Å². The molecule has 0 aromatic carbocycles. The highest BCUT2D eigenvalue weighted by Gasteiger charge is 2.29. The van der Waals surface area contributed by atoms with Gasteiger partial charge in [-0.2, -0.15) is 11.3 Å². The molecule has 4 heteroatoms. The van der Waals surface area contributed by atoms with E-state index in [1.165, 1.54) is 44.5 Å². The van der Waals surface area contributed by atoms with Crippen LogP contribution < -0.4 is 5.32 Å². The first-order valence-electron chi connectivity index (χ1n) is 7.84. The van der Waals surface area contributed by atoms with E-state index >= 15 is 0 Å². The Morgan fingerprint density at radius 3 is 2.95 bits per heavy atom. The predicted octanol–water partition coefficient (Wildman–Crippen LogP) is 2.29. The summed E-state index contributed by atoms with van der Waals surface area (Å²) in [6.07, 6.45) is 3.64. The molecule has 1 saturated heterocycles. The Labute approximate surface area is 128 Å². The Morgan fingerprint density at radius 1 is 1.40 bits per heavy atom. The van der Waals surface area contributed by atoms with E-state index in [0.717, 1.165) is 6.54 Å². The number of hydrogen-bond donors (Lipinski definition) is 1. The molecule has 3 nitrogen and oxygen atoms in total. The number of nitrogens with zero attached hydrogens (tertiary/aromatic N) is 2. The lowest BCUT2D eigenvalue weighted by molar-refractivity contribution is 0.0853. The van der Waals surface area contributed by atoms with Gasteiger partial charge in [-0.25, -0.2) is 0 Å². The predicted molar refractivity (Wildman–Crippen MR) is 88.6 cm³/mol. The molecule has 0 radical (unpaired) electrons. The van der Waals surface area contributed by atoms with E-state index in [1.54, 1.807) is 11.3 Å². The van der Waals surface area contributed by atoms with E-state index in [4.69, 9.17) is 0 Å². The number of likely N-dealkylation sites (N-methyl/N-ethyl adjacent to an activating group) is 2. The molecule has 114 valence electrons.